The van der Waals surface area contributed by atoms with E-state index in [2.05, 4.69) is 25.7 Å². The van der Waals surface area contributed by atoms with Crippen LogP contribution in [0.2, 0.25) is 0 Å². The Morgan fingerprint density at radius 1 is 1.22 bits per heavy atom. The second-order valence-electron chi connectivity index (χ2n) is 9.31. The molecule has 4 rings (SSSR count). The monoisotopic (exact) mass is 444 g/mol. The van der Waals surface area contributed by atoms with Crippen molar-refractivity contribution >= 4 is 18.3 Å². The van der Waals surface area contributed by atoms with E-state index in [0.717, 1.165) is 50.9 Å². The minimum atomic E-state index is -0.250. The van der Waals surface area contributed by atoms with Crippen LogP contribution in [-0.2, 0) is 14.4 Å². The van der Waals surface area contributed by atoms with Crippen LogP contribution in [0.3, 0.4) is 0 Å². The fourth-order valence-corrected chi connectivity index (χ4v) is 5.69. The minimum Gasteiger partial charge on any atom is -0.484 e. The Labute approximate surface area is 190 Å². The molecule has 0 unspecified atom stereocenters. The third-order valence-electron chi connectivity index (χ3n) is 7.27. The molecule has 2 amide bonds. The Morgan fingerprint density at radius 3 is 2.62 bits per heavy atom. The van der Waals surface area contributed by atoms with E-state index >= 15 is 0 Å². The van der Waals surface area contributed by atoms with Crippen LogP contribution in [-0.4, -0.2) is 65.0 Å². The number of piperidine rings is 3. The second kappa shape index (κ2) is 10.8. The van der Waals surface area contributed by atoms with Gasteiger partial charge in [0, 0.05) is 31.6 Å². The number of carboxylic acid groups (broad SMARTS) is 1. The smallest absolute Gasteiger partial charge is 0.290 e. The zero-order valence-electron chi connectivity index (χ0n) is 19.5. The number of benzene rings is 1. The number of fused-ring (bicyclic) bond motifs is 4. The maximum atomic E-state index is 13.0. The van der Waals surface area contributed by atoms with E-state index in [1.165, 1.54) is 11.1 Å². The molecule has 3 heterocycles. The van der Waals surface area contributed by atoms with Crippen molar-refractivity contribution in [3.8, 4) is 5.75 Å². The number of amides is 2. The number of nitrogens with zero attached hydrogens (tertiary/aromatic N) is 2. The molecule has 7 heteroatoms. The summed E-state index contributed by atoms with van der Waals surface area (Å²) in [6.07, 6.45) is 6.05. The molecule has 3 aliphatic heterocycles. The van der Waals surface area contributed by atoms with Gasteiger partial charge >= 0.3 is 0 Å². The first-order valence-corrected chi connectivity index (χ1v) is 11.8. The van der Waals surface area contributed by atoms with Gasteiger partial charge in [0.25, 0.3) is 12.4 Å². The van der Waals surface area contributed by atoms with Gasteiger partial charge < -0.3 is 19.6 Å². The SMILES string of the molecule is CCC[C@H]1[C@H]2C[C@H](CN(C(=O)COc3ccc(C)c(C)c3)C2)[C@@H]2CCCC(=O)N21.O=CO. The van der Waals surface area contributed by atoms with Gasteiger partial charge in [0.05, 0.1) is 0 Å². The molecule has 7 nitrogen and oxygen atoms in total. The molecule has 4 atom stereocenters. The molecule has 1 N–H and O–H groups in total. The highest BCUT2D eigenvalue weighted by atomic mass is 16.5. The topological polar surface area (TPSA) is 87.2 Å². The maximum Gasteiger partial charge on any atom is 0.290 e. The third-order valence-corrected chi connectivity index (χ3v) is 7.27. The summed E-state index contributed by atoms with van der Waals surface area (Å²) in [7, 11) is 0. The van der Waals surface area contributed by atoms with Gasteiger partial charge in [-0.3, -0.25) is 14.4 Å². The first kappa shape index (κ1) is 24.1. The predicted octanol–water partition coefficient (Wildman–Crippen LogP) is 3.41. The van der Waals surface area contributed by atoms with E-state index < -0.39 is 0 Å². The zero-order chi connectivity index (χ0) is 23.3. The van der Waals surface area contributed by atoms with Gasteiger partial charge in [-0.2, -0.15) is 0 Å². The summed E-state index contributed by atoms with van der Waals surface area (Å²) in [6, 6.07) is 6.58. The van der Waals surface area contributed by atoms with Crippen LogP contribution in [0.5, 0.6) is 5.75 Å². The van der Waals surface area contributed by atoms with E-state index in [9.17, 15) is 9.59 Å². The Bertz CT molecular complexity index is 827. The van der Waals surface area contributed by atoms with Crippen molar-refractivity contribution in [1.29, 1.82) is 0 Å². The van der Waals surface area contributed by atoms with E-state index in [-0.39, 0.29) is 19.0 Å². The molecule has 176 valence electrons. The molecule has 0 radical (unpaired) electrons. The number of hydrogen-bond acceptors (Lipinski definition) is 4. The van der Waals surface area contributed by atoms with Crippen molar-refractivity contribution in [2.45, 2.75) is 71.4 Å². The summed E-state index contributed by atoms with van der Waals surface area (Å²) in [5.41, 5.74) is 2.40. The van der Waals surface area contributed by atoms with Crippen molar-refractivity contribution in [2.24, 2.45) is 11.8 Å². The van der Waals surface area contributed by atoms with Crippen LogP contribution < -0.4 is 4.74 Å². The van der Waals surface area contributed by atoms with E-state index in [1.807, 2.05) is 23.1 Å². The minimum absolute atomic E-state index is 0.0729. The molecule has 1 aromatic carbocycles. The lowest BCUT2D eigenvalue weighted by molar-refractivity contribution is -0.157. The number of carbonyl (C=O) groups excluding carboxylic acids is 2. The van der Waals surface area contributed by atoms with Crippen LogP contribution in [0.1, 0.15) is 56.6 Å². The average Bonchev–Trinajstić information content (AvgIpc) is 2.78. The van der Waals surface area contributed by atoms with Crippen LogP contribution in [0.25, 0.3) is 0 Å². The predicted molar refractivity (Wildman–Crippen MR) is 121 cm³/mol. The number of hydrogen-bond donors (Lipinski definition) is 1. The highest BCUT2D eigenvalue weighted by Crippen LogP contribution is 2.42. The van der Waals surface area contributed by atoms with Crippen LogP contribution in [0.4, 0.5) is 0 Å². The Hall–Kier alpha value is -2.57. The molecule has 3 aliphatic rings. The Kier molecular flexibility index (Phi) is 8.15. The summed E-state index contributed by atoms with van der Waals surface area (Å²) in [5, 5.41) is 6.89. The van der Waals surface area contributed by atoms with Gasteiger partial charge in [0.2, 0.25) is 5.91 Å². The molecule has 3 saturated heterocycles. The zero-order valence-corrected chi connectivity index (χ0v) is 19.5. The Morgan fingerprint density at radius 2 is 1.94 bits per heavy atom. The molecule has 1 aromatic rings. The van der Waals surface area contributed by atoms with E-state index in [0.29, 0.717) is 36.2 Å². The van der Waals surface area contributed by atoms with Gasteiger partial charge in [-0.1, -0.05) is 19.4 Å². The highest BCUT2D eigenvalue weighted by molar-refractivity contribution is 5.79. The van der Waals surface area contributed by atoms with Crippen molar-refractivity contribution in [2.75, 3.05) is 19.7 Å². The van der Waals surface area contributed by atoms with Gasteiger partial charge in [-0.15, -0.1) is 0 Å². The average molecular weight is 445 g/mol. The fourth-order valence-electron chi connectivity index (χ4n) is 5.69. The second-order valence-corrected chi connectivity index (χ2v) is 9.31. The lowest BCUT2D eigenvalue weighted by Crippen LogP contribution is -2.65. The number of ether oxygens (including phenoxy) is 1. The molecular weight excluding hydrogens is 408 g/mol. The number of carbonyl (C=O) groups is 3. The molecule has 2 bridgehead atoms. The molecule has 0 aliphatic carbocycles. The summed E-state index contributed by atoms with van der Waals surface area (Å²) in [5.74, 6) is 1.98. The van der Waals surface area contributed by atoms with Crippen LogP contribution in [0, 0.1) is 25.7 Å². The first-order chi connectivity index (χ1) is 15.4. The van der Waals surface area contributed by atoms with Gasteiger partial charge in [0.15, 0.2) is 6.61 Å². The standard InChI is InChI=1S/C24H34N2O3.CH2O2/c1-4-6-21-18-12-19(22-7-5-8-23(27)26(21)22)14-25(13-18)24(28)15-29-20-10-9-16(2)17(3)11-20;2-1-3/h9-11,18-19,21-22H,4-8,12-15H2,1-3H3;1H,(H,2,3)/t18-,19+,21-,22-;/m0./s1. The number of likely N-dealkylation sites (tertiary alicyclic amines) is 1. The lowest BCUT2D eigenvalue weighted by atomic mass is 9.71. The largest absolute Gasteiger partial charge is 0.484 e. The van der Waals surface area contributed by atoms with E-state index in [4.69, 9.17) is 14.6 Å². The van der Waals surface area contributed by atoms with Crippen molar-refractivity contribution < 1.29 is 24.2 Å². The fraction of sp³-hybridized carbons (Fsp3) is 0.640. The first-order valence-electron chi connectivity index (χ1n) is 11.8. The molecule has 0 aromatic heterocycles. The third kappa shape index (κ3) is 5.25. The van der Waals surface area contributed by atoms with Gasteiger partial charge in [-0.05, 0) is 74.6 Å². The van der Waals surface area contributed by atoms with Gasteiger partial charge in [0.1, 0.15) is 5.75 Å². The quantitative estimate of drug-likeness (QED) is 0.704. The highest BCUT2D eigenvalue weighted by Gasteiger charge is 2.49. The van der Waals surface area contributed by atoms with Crippen molar-refractivity contribution in [3.63, 3.8) is 0 Å². The summed E-state index contributed by atoms with van der Waals surface area (Å²) < 4.78 is 5.82. The van der Waals surface area contributed by atoms with Gasteiger partial charge in [-0.25, -0.2) is 0 Å². The van der Waals surface area contributed by atoms with Crippen molar-refractivity contribution in [3.05, 3.63) is 29.3 Å². The summed E-state index contributed by atoms with van der Waals surface area (Å²) >= 11 is 0. The molecule has 0 spiro atoms. The number of rotatable bonds is 5. The molecule has 0 saturated carbocycles. The Balaban J connectivity index is 0.000000913. The summed E-state index contributed by atoms with van der Waals surface area (Å²) in [4.78, 5) is 38.3. The normalized spacial score (nSPS) is 26.5. The molecule has 3 fully saturated rings. The van der Waals surface area contributed by atoms with Crippen molar-refractivity contribution in [1.82, 2.24) is 9.80 Å². The summed E-state index contributed by atoms with van der Waals surface area (Å²) in [6.45, 7) is 7.68. The molecular formula is C25H36N2O5. The molecule has 32 heavy (non-hydrogen) atoms. The lowest BCUT2D eigenvalue weighted by Gasteiger charge is -2.56. The van der Waals surface area contributed by atoms with Crippen LogP contribution in [0.15, 0.2) is 18.2 Å². The number of aryl methyl sites for hydroxylation is 2. The van der Waals surface area contributed by atoms with Crippen LogP contribution >= 0.6 is 0 Å². The van der Waals surface area contributed by atoms with E-state index in [1.54, 1.807) is 0 Å². The maximum absolute atomic E-state index is 13.0.